The molecule has 9 heteroatoms. The first kappa shape index (κ1) is 17.5. The number of nitrogens with one attached hydrogen (secondary N) is 2. The zero-order valence-corrected chi connectivity index (χ0v) is 15.8. The topological polar surface area (TPSA) is 102 Å². The summed E-state index contributed by atoms with van der Waals surface area (Å²) < 4.78 is 10.7. The highest BCUT2D eigenvalue weighted by atomic mass is 32.2. The third-order valence-electron chi connectivity index (χ3n) is 4.40. The number of carbonyl (C=O) groups excluding carboxylic acids is 1. The molecule has 0 radical (unpaired) electrons. The van der Waals surface area contributed by atoms with Gasteiger partial charge in [-0.15, -0.1) is 0 Å². The van der Waals surface area contributed by atoms with Crippen LogP contribution in [0.15, 0.2) is 66.2 Å². The first-order valence-corrected chi connectivity index (χ1v) is 9.72. The second-order valence-electron chi connectivity index (χ2n) is 6.25. The molecule has 2 aromatic heterocycles. The van der Waals surface area contributed by atoms with Gasteiger partial charge in [0.25, 0.3) is 0 Å². The van der Waals surface area contributed by atoms with Crippen molar-refractivity contribution in [3.05, 3.63) is 66.7 Å². The number of aromatic amines is 1. The van der Waals surface area contributed by atoms with E-state index >= 15 is 0 Å². The number of thioether (sulfide) groups is 1. The Morgan fingerprint density at radius 2 is 1.93 bits per heavy atom. The molecule has 3 heterocycles. The number of amides is 1. The van der Waals surface area contributed by atoms with E-state index < -0.39 is 5.25 Å². The van der Waals surface area contributed by atoms with Crippen LogP contribution in [0.1, 0.15) is 10.8 Å². The summed E-state index contributed by atoms with van der Waals surface area (Å²) >= 11 is 1.34. The Kier molecular flexibility index (Phi) is 4.49. The fourth-order valence-electron chi connectivity index (χ4n) is 3.03. The van der Waals surface area contributed by atoms with Gasteiger partial charge in [-0.05, 0) is 17.7 Å². The minimum absolute atomic E-state index is 0.175. The van der Waals surface area contributed by atoms with E-state index in [-0.39, 0.29) is 12.7 Å². The molecule has 8 nitrogen and oxygen atoms in total. The van der Waals surface area contributed by atoms with Crippen molar-refractivity contribution in [1.82, 2.24) is 19.9 Å². The van der Waals surface area contributed by atoms with E-state index in [9.17, 15) is 4.79 Å². The number of ether oxygens (including phenoxy) is 2. The number of carbonyl (C=O) groups is 1. The van der Waals surface area contributed by atoms with Crippen molar-refractivity contribution in [1.29, 1.82) is 0 Å². The first-order valence-electron chi connectivity index (χ1n) is 8.84. The van der Waals surface area contributed by atoms with Gasteiger partial charge >= 0.3 is 0 Å². The van der Waals surface area contributed by atoms with Crippen LogP contribution in [-0.2, 0) is 4.79 Å². The molecule has 0 fully saturated rings. The zero-order chi connectivity index (χ0) is 19.6. The molecule has 0 saturated heterocycles. The number of benzene rings is 2. The lowest BCUT2D eigenvalue weighted by Gasteiger charge is -2.17. The van der Waals surface area contributed by atoms with E-state index in [4.69, 9.17) is 9.47 Å². The van der Waals surface area contributed by atoms with Crippen molar-refractivity contribution < 1.29 is 14.3 Å². The number of rotatable bonds is 5. The van der Waals surface area contributed by atoms with Gasteiger partial charge in [0.2, 0.25) is 12.7 Å². The lowest BCUT2D eigenvalue weighted by Crippen LogP contribution is -2.19. The molecule has 2 N–H and O–H groups in total. The number of aromatic nitrogens is 4. The van der Waals surface area contributed by atoms with E-state index in [1.807, 2.05) is 30.3 Å². The van der Waals surface area contributed by atoms with Gasteiger partial charge in [-0.3, -0.25) is 4.79 Å². The van der Waals surface area contributed by atoms with Crippen LogP contribution in [0.2, 0.25) is 0 Å². The van der Waals surface area contributed by atoms with Crippen LogP contribution >= 0.6 is 11.8 Å². The maximum Gasteiger partial charge on any atom is 0.242 e. The molecular weight excluding hydrogens is 390 g/mol. The Bertz CT molecular complexity index is 1180. The average Bonchev–Trinajstić information content (AvgIpc) is 3.41. The summed E-state index contributed by atoms with van der Waals surface area (Å²) in [5, 5.41) is 3.10. The number of anilines is 1. The molecule has 1 unspecified atom stereocenters. The smallest absolute Gasteiger partial charge is 0.242 e. The molecule has 4 aromatic rings. The highest BCUT2D eigenvalue weighted by Crippen LogP contribution is 2.38. The number of nitrogens with zero attached hydrogens (tertiary/aromatic N) is 3. The van der Waals surface area contributed by atoms with Crippen LogP contribution < -0.4 is 14.8 Å². The predicted molar refractivity (Wildman–Crippen MR) is 108 cm³/mol. The van der Waals surface area contributed by atoms with Crippen LogP contribution in [0.4, 0.5) is 5.69 Å². The number of hydrogen-bond acceptors (Lipinski definition) is 7. The second-order valence-corrected chi connectivity index (χ2v) is 7.34. The quantitative estimate of drug-likeness (QED) is 0.387. The monoisotopic (exact) mass is 405 g/mol. The molecule has 1 aliphatic heterocycles. The molecule has 1 atom stereocenters. The lowest BCUT2D eigenvalue weighted by atomic mass is 10.1. The second kappa shape index (κ2) is 7.44. The highest BCUT2D eigenvalue weighted by molar-refractivity contribution is 8.00. The zero-order valence-electron chi connectivity index (χ0n) is 15.0. The lowest BCUT2D eigenvalue weighted by molar-refractivity contribution is -0.115. The third kappa shape index (κ3) is 3.47. The first-order chi connectivity index (χ1) is 14.3. The molecular formula is C20H15N5O3S. The molecule has 0 saturated carbocycles. The van der Waals surface area contributed by atoms with Gasteiger partial charge in [0, 0.05) is 11.8 Å². The van der Waals surface area contributed by atoms with Crippen molar-refractivity contribution >= 4 is 34.5 Å². The van der Waals surface area contributed by atoms with Gasteiger partial charge < -0.3 is 19.8 Å². The fourth-order valence-corrected chi connectivity index (χ4v) is 4.09. The van der Waals surface area contributed by atoms with Crippen LogP contribution in [-0.4, -0.2) is 32.6 Å². The Balaban J connectivity index is 1.46. The Labute approximate surface area is 169 Å². The Morgan fingerprint density at radius 3 is 2.83 bits per heavy atom. The summed E-state index contributed by atoms with van der Waals surface area (Å²) in [6.45, 7) is 0.184. The van der Waals surface area contributed by atoms with Crippen LogP contribution in [0, 0.1) is 0 Å². The maximum atomic E-state index is 13.2. The molecule has 1 aliphatic rings. The van der Waals surface area contributed by atoms with E-state index in [2.05, 4.69) is 25.3 Å². The van der Waals surface area contributed by atoms with Crippen LogP contribution in [0.25, 0.3) is 11.2 Å². The number of fused-ring (bicyclic) bond motifs is 2. The summed E-state index contributed by atoms with van der Waals surface area (Å²) in [7, 11) is 0. The third-order valence-corrected chi connectivity index (χ3v) is 5.65. The maximum absolute atomic E-state index is 13.2. The van der Waals surface area contributed by atoms with Crippen LogP contribution in [0.5, 0.6) is 11.5 Å². The van der Waals surface area contributed by atoms with E-state index in [0.29, 0.717) is 33.4 Å². The van der Waals surface area contributed by atoms with Crippen molar-refractivity contribution in [3.63, 3.8) is 0 Å². The minimum Gasteiger partial charge on any atom is -0.454 e. The van der Waals surface area contributed by atoms with Crippen molar-refractivity contribution in [2.45, 2.75) is 10.3 Å². The van der Waals surface area contributed by atoms with Crippen molar-refractivity contribution in [2.24, 2.45) is 0 Å². The number of hydrogen-bond donors (Lipinski definition) is 2. The minimum atomic E-state index is -0.525. The number of imidazole rings is 1. The normalized spacial score (nSPS) is 13.4. The average molecular weight is 405 g/mol. The van der Waals surface area contributed by atoms with Crippen LogP contribution in [0.3, 0.4) is 0 Å². The standard InChI is InChI=1S/C20H15N5O3S/c26-19(25-13-6-7-14-15(8-13)28-11-27-14)17(12-4-2-1-3-5-12)29-20-16-18(22-9-21-16)23-10-24-20/h1-10,17H,11H2,(H,25,26)(H,21,22,23,24). The van der Waals surface area contributed by atoms with E-state index in [0.717, 1.165) is 5.56 Å². The van der Waals surface area contributed by atoms with Gasteiger partial charge in [0.1, 0.15) is 22.1 Å². The Morgan fingerprint density at radius 1 is 1.07 bits per heavy atom. The Hall–Kier alpha value is -3.59. The molecule has 0 aliphatic carbocycles. The molecule has 144 valence electrons. The van der Waals surface area contributed by atoms with Crippen molar-refractivity contribution in [3.8, 4) is 11.5 Å². The summed E-state index contributed by atoms with van der Waals surface area (Å²) in [6.07, 6.45) is 3.01. The van der Waals surface area contributed by atoms with Gasteiger partial charge in [-0.25, -0.2) is 15.0 Å². The fraction of sp³-hybridized carbons (Fsp3) is 0.100. The summed E-state index contributed by atoms with van der Waals surface area (Å²) in [5.41, 5.74) is 2.76. The highest BCUT2D eigenvalue weighted by Gasteiger charge is 2.25. The van der Waals surface area contributed by atoms with Gasteiger partial charge in [0.05, 0.1) is 6.33 Å². The molecule has 1 amide bonds. The molecule has 2 aromatic carbocycles. The molecule has 29 heavy (non-hydrogen) atoms. The summed E-state index contributed by atoms with van der Waals surface area (Å²) in [4.78, 5) is 28.9. The van der Waals surface area contributed by atoms with E-state index in [1.165, 1.54) is 18.1 Å². The molecule has 0 spiro atoms. The number of H-pyrrole nitrogens is 1. The summed E-state index contributed by atoms with van der Waals surface area (Å²) in [5.74, 6) is 1.10. The largest absolute Gasteiger partial charge is 0.454 e. The summed E-state index contributed by atoms with van der Waals surface area (Å²) in [6, 6.07) is 14.9. The van der Waals surface area contributed by atoms with E-state index in [1.54, 1.807) is 24.5 Å². The predicted octanol–water partition coefficient (Wildman–Crippen LogP) is 3.55. The van der Waals surface area contributed by atoms with Gasteiger partial charge in [-0.2, -0.15) is 0 Å². The molecule has 5 rings (SSSR count). The van der Waals surface area contributed by atoms with Gasteiger partial charge in [0.15, 0.2) is 17.1 Å². The SMILES string of the molecule is O=C(Nc1ccc2c(c1)OCO2)C(Sc1ncnc2nc[nH]c12)c1ccccc1. The van der Waals surface area contributed by atoms with Crippen molar-refractivity contribution in [2.75, 3.05) is 12.1 Å². The van der Waals surface area contributed by atoms with Gasteiger partial charge in [-0.1, -0.05) is 42.1 Å². The molecule has 0 bridgehead atoms.